The monoisotopic (exact) mass is 278 g/mol. The van der Waals surface area contributed by atoms with Gasteiger partial charge in [-0.2, -0.15) is 0 Å². The molecule has 2 atom stereocenters. The van der Waals surface area contributed by atoms with Crippen molar-refractivity contribution in [1.82, 2.24) is 0 Å². The average molecular weight is 279 g/mol. The maximum Gasteiger partial charge on any atom is -0.0274 e. The van der Waals surface area contributed by atoms with Gasteiger partial charge in [-0.1, -0.05) is 66.7 Å². The molecule has 0 saturated heterocycles. The van der Waals surface area contributed by atoms with Gasteiger partial charge >= 0.3 is 0 Å². The maximum absolute atomic E-state index is 2.61. The Labute approximate surface area is 128 Å². The summed E-state index contributed by atoms with van der Waals surface area (Å²) in [6.07, 6.45) is 14.7. The van der Waals surface area contributed by atoms with Crippen molar-refractivity contribution in [1.29, 1.82) is 0 Å². The first-order valence-corrected chi connectivity index (χ1v) is 9.40. The molecular weight excluding hydrogens is 240 g/mol. The SMILES string of the molecule is CCC(C)(C(C)CC(C)(C)C1CCCC1)C1CCCC1. The van der Waals surface area contributed by atoms with Gasteiger partial charge in [-0.05, 0) is 60.7 Å². The molecule has 0 spiro atoms. The van der Waals surface area contributed by atoms with Crippen LogP contribution >= 0.6 is 0 Å². The number of hydrogen-bond acceptors (Lipinski definition) is 0. The van der Waals surface area contributed by atoms with Gasteiger partial charge in [0, 0.05) is 0 Å². The molecule has 2 saturated carbocycles. The molecule has 0 aromatic carbocycles. The molecule has 20 heavy (non-hydrogen) atoms. The third-order valence-electron chi connectivity index (χ3n) is 7.47. The van der Waals surface area contributed by atoms with Gasteiger partial charge in [-0.15, -0.1) is 0 Å². The predicted octanol–water partition coefficient (Wildman–Crippen LogP) is 6.84. The third kappa shape index (κ3) is 3.25. The predicted molar refractivity (Wildman–Crippen MR) is 89.9 cm³/mol. The van der Waals surface area contributed by atoms with E-state index in [9.17, 15) is 0 Å². The van der Waals surface area contributed by atoms with Gasteiger partial charge < -0.3 is 0 Å². The van der Waals surface area contributed by atoms with E-state index < -0.39 is 0 Å². The van der Waals surface area contributed by atoms with Crippen molar-refractivity contribution in [3.05, 3.63) is 0 Å². The fourth-order valence-corrected chi connectivity index (χ4v) is 5.52. The highest BCUT2D eigenvalue weighted by atomic mass is 14.5. The smallest absolute Gasteiger partial charge is 0.0274 e. The van der Waals surface area contributed by atoms with Crippen LogP contribution in [0.3, 0.4) is 0 Å². The molecule has 0 radical (unpaired) electrons. The van der Waals surface area contributed by atoms with Gasteiger partial charge in [-0.25, -0.2) is 0 Å². The van der Waals surface area contributed by atoms with Crippen LogP contribution in [0.2, 0.25) is 0 Å². The van der Waals surface area contributed by atoms with E-state index in [1.54, 1.807) is 0 Å². The van der Waals surface area contributed by atoms with Crippen molar-refractivity contribution < 1.29 is 0 Å². The van der Waals surface area contributed by atoms with E-state index in [0.717, 1.165) is 17.8 Å². The summed E-state index contributed by atoms with van der Waals surface area (Å²) in [7, 11) is 0. The molecule has 0 heteroatoms. The number of hydrogen-bond donors (Lipinski definition) is 0. The van der Waals surface area contributed by atoms with Crippen LogP contribution in [0, 0.1) is 28.6 Å². The molecule has 0 N–H and O–H groups in total. The molecular formula is C20H38. The summed E-state index contributed by atoms with van der Waals surface area (Å²) in [5.41, 5.74) is 1.15. The minimum absolute atomic E-state index is 0.560. The molecule has 0 amide bonds. The normalized spacial score (nSPS) is 26.9. The van der Waals surface area contributed by atoms with E-state index >= 15 is 0 Å². The second-order valence-electron chi connectivity index (χ2n) is 8.92. The Bertz CT molecular complexity index is 291. The minimum atomic E-state index is 0.560. The van der Waals surface area contributed by atoms with Gasteiger partial charge in [0.2, 0.25) is 0 Å². The van der Waals surface area contributed by atoms with Crippen LogP contribution in [0.25, 0.3) is 0 Å². The highest BCUT2D eigenvalue weighted by Crippen LogP contribution is 2.52. The van der Waals surface area contributed by atoms with E-state index in [4.69, 9.17) is 0 Å². The lowest BCUT2D eigenvalue weighted by Crippen LogP contribution is -2.36. The second-order valence-corrected chi connectivity index (χ2v) is 8.92. The van der Waals surface area contributed by atoms with E-state index in [0.29, 0.717) is 10.8 Å². The zero-order valence-electron chi connectivity index (χ0n) is 14.8. The number of rotatable bonds is 6. The second kappa shape index (κ2) is 6.41. The highest BCUT2D eigenvalue weighted by Gasteiger charge is 2.42. The Morgan fingerprint density at radius 2 is 1.30 bits per heavy atom. The molecule has 0 aliphatic heterocycles. The standard InChI is InChI=1S/C20H38/c1-6-20(5,18-13-9-10-14-18)16(2)15-19(3,4)17-11-7-8-12-17/h16-18H,6-15H2,1-5H3. The molecule has 118 valence electrons. The Morgan fingerprint density at radius 3 is 1.75 bits per heavy atom. The molecule has 2 aliphatic carbocycles. The van der Waals surface area contributed by atoms with Crippen molar-refractivity contribution in [3.63, 3.8) is 0 Å². The lowest BCUT2D eigenvalue weighted by molar-refractivity contribution is 0.0466. The van der Waals surface area contributed by atoms with Crippen LogP contribution < -0.4 is 0 Å². The van der Waals surface area contributed by atoms with Crippen LogP contribution in [-0.2, 0) is 0 Å². The van der Waals surface area contributed by atoms with Crippen molar-refractivity contribution in [2.45, 2.75) is 98.8 Å². The van der Waals surface area contributed by atoms with E-state index in [-0.39, 0.29) is 0 Å². The van der Waals surface area contributed by atoms with Crippen molar-refractivity contribution >= 4 is 0 Å². The van der Waals surface area contributed by atoms with E-state index in [1.165, 1.54) is 64.2 Å². The van der Waals surface area contributed by atoms with Crippen molar-refractivity contribution in [2.75, 3.05) is 0 Å². The Kier molecular flexibility index (Phi) is 5.24. The zero-order valence-corrected chi connectivity index (χ0v) is 14.8. The summed E-state index contributed by atoms with van der Waals surface area (Å²) in [6, 6.07) is 0. The largest absolute Gasteiger partial charge is 0.0648 e. The first-order valence-electron chi connectivity index (χ1n) is 9.40. The lowest BCUT2D eigenvalue weighted by atomic mass is 9.60. The van der Waals surface area contributed by atoms with Gasteiger partial charge in [0.15, 0.2) is 0 Å². The molecule has 2 unspecified atom stereocenters. The van der Waals surface area contributed by atoms with Crippen molar-refractivity contribution in [3.8, 4) is 0 Å². The maximum atomic E-state index is 2.61. The van der Waals surface area contributed by atoms with Crippen LogP contribution in [0.1, 0.15) is 98.8 Å². The van der Waals surface area contributed by atoms with Gasteiger partial charge in [0.25, 0.3) is 0 Å². The summed E-state index contributed by atoms with van der Waals surface area (Å²) in [4.78, 5) is 0. The minimum Gasteiger partial charge on any atom is -0.0648 e. The molecule has 0 aromatic heterocycles. The Balaban J connectivity index is 2.02. The van der Waals surface area contributed by atoms with Gasteiger partial charge in [0.1, 0.15) is 0 Å². The average Bonchev–Trinajstić information content (AvgIpc) is 3.09. The summed E-state index contributed by atoms with van der Waals surface area (Å²) in [6.45, 7) is 12.7. The van der Waals surface area contributed by atoms with E-state index in [2.05, 4.69) is 34.6 Å². The van der Waals surface area contributed by atoms with E-state index in [1.807, 2.05) is 0 Å². The molecule has 2 aliphatic rings. The zero-order chi connectivity index (χ0) is 14.8. The molecule has 2 rings (SSSR count). The molecule has 0 nitrogen and oxygen atoms in total. The molecule has 0 heterocycles. The highest BCUT2D eigenvalue weighted by molar-refractivity contribution is 4.92. The summed E-state index contributed by atoms with van der Waals surface area (Å²) in [5.74, 6) is 2.88. The summed E-state index contributed by atoms with van der Waals surface area (Å²) < 4.78 is 0. The molecule has 0 bridgehead atoms. The van der Waals surface area contributed by atoms with Gasteiger partial charge in [-0.3, -0.25) is 0 Å². The summed E-state index contributed by atoms with van der Waals surface area (Å²) in [5, 5.41) is 0. The lowest BCUT2D eigenvalue weighted by Gasteiger charge is -2.45. The quantitative estimate of drug-likeness (QED) is 0.499. The molecule has 2 fully saturated rings. The first-order chi connectivity index (χ1) is 9.40. The third-order valence-corrected chi connectivity index (χ3v) is 7.47. The van der Waals surface area contributed by atoms with Crippen LogP contribution in [0.4, 0.5) is 0 Å². The van der Waals surface area contributed by atoms with Crippen LogP contribution in [0.5, 0.6) is 0 Å². The Hall–Kier alpha value is 0. The summed E-state index contributed by atoms with van der Waals surface area (Å²) >= 11 is 0. The fourth-order valence-electron chi connectivity index (χ4n) is 5.52. The fraction of sp³-hybridized carbons (Fsp3) is 1.00. The van der Waals surface area contributed by atoms with Crippen molar-refractivity contribution in [2.24, 2.45) is 28.6 Å². The topological polar surface area (TPSA) is 0 Å². The van der Waals surface area contributed by atoms with Gasteiger partial charge in [0.05, 0.1) is 0 Å². The van der Waals surface area contributed by atoms with Crippen LogP contribution in [0.15, 0.2) is 0 Å². The van der Waals surface area contributed by atoms with Crippen LogP contribution in [-0.4, -0.2) is 0 Å². The Morgan fingerprint density at radius 1 is 0.850 bits per heavy atom. The molecule has 0 aromatic rings. The first kappa shape index (κ1) is 16.4.